The van der Waals surface area contributed by atoms with Gasteiger partial charge in [0.05, 0.1) is 12.6 Å². The Balaban J connectivity index is 2.62. The van der Waals surface area contributed by atoms with Crippen molar-refractivity contribution in [2.45, 2.75) is 12.5 Å². The number of terminal acetylenes is 1. The Kier molecular flexibility index (Phi) is 4.37. The second-order valence-corrected chi connectivity index (χ2v) is 3.56. The number of carbonyl (C=O) groups excluding carboxylic acids is 1. The molecule has 90 valence electrons. The molecule has 1 aromatic carbocycles. The van der Waals surface area contributed by atoms with Gasteiger partial charge < -0.3 is 21.3 Å². The fraction of sp³-hybridized carbons (Fsp3) is 0.250. The predicted octanol–water partition coefficient (Wildman–Crippen LogP) is -0.283. The first kappa shape index (κ1) is 12.9. The van der Waals surface area contributed by atoms with Crippen molar-refractivity contribution in [1.82, 2.24) is 5.32 Å². The molecule has 0 heterocycles. The van der Waals surface area contributed by atoms with E-state index in [-0.39, 0.29) is 30.4 Å². The Morgan fingerprint density at radius 3 is 2.76 bits per heavy atom. The SMILES string of the molecule is C#CCNC(=O)[C@@H](N)Cc1ccc(O)c(O)c1. The van der Waals surface area contributed by atoms with Gasteiger partial charge in [-0.15, -0.1) is 6.42 Å². The summed E-state index contributed by atoms with van der Waals surface area (Å²) in [6.45, 7) is 0.132. The molecule has 0 radical (unpaired) electrons. The highest BCUT2D eigenvalue weighted by Gasteiger charge is 2.13. The number of rotatable bonds is 4. The normalized spacial score (nSPS) is 11.5. The molecule has 1 atom stereocenters. The summed E-state index contributed by atoms with van der Waals surface area (Å²) in [7, 11) is 0. The lowest BCUT2D eigenvalue weighted by atomic mass is 10.1. The van der Waals surface area contributed by atoms with Crippen LogP contribution in [0.4, 0.5) is 0 Å². The molecule has 0 aromatic heterocycles. The van der Waals surface area contributed by atoms with Gasteiger partial charge in [0, 0.05) is 0 Å². The zero-order valence-corrected chi connectivity index (χ0v) is 9.18. The molecular weight excluding hydrogens is 220 g/mol. The van der Waals surface area contributed by atoms with Crippen LogP contribution in [0.15, 0.2) is 18.2 Å². The summed E-state index contributed by atoms with van der Waals surface area (Å²) in [6.07, 6.45) is 5.25. The van der Waals surface area contributed by atoms with Gasteiger partial charge in [-0.05, 0) is 24.1 Å². The number of nitrogens with two attached hydrogens (primary N) is 1. The number of phenols is 2. The molecular formula is C12H14N2O3. The molecule has 1 amide bonds. The van der Waals surface area contributed by atoms with Crippen LogP contribution in [0.5, 0.6) is 11.5 Å². The highest BCUT2D eigenvalue weighted by atomic mass is 16.3. The predicted molar refractivity (Wildman–Crippen MR) is 63.3 cm³/mol. The lowest BCUT2D eigenvalue weighted by molar-refractivity contribution is -0.122. The maximum absolute atomic E-state index is 11.4. The summed E-state index contributed by atoms with van der Waals surface area (Å²) >= 11 is 0. The molecule has 0 spiro atoms. The number of amides is 1. The van der Waals surface area contributed by atoms with Crippen LogP contribution < -0.4 is 11.1 Å². The third kappa shape index (κ3) is 3.70. The number of hydrogen-bond donors (Lipinski definition) is 4. The zero-order chi connectivity index (χ0) is 12.8. The average molecular weight is 234 g/mol. The van der Waals surface area contributed by atoms with Gasteiger partial charge in [-0.2, -0.15) is 0 Å². The smallest absolute Gasteiger partial charge is 0.238 e. The van der Waals surface area contributed by atoms with Crippen molar-refractivity contribution >= 4 is 5.91 Å². The van der Waals surface area contributed by atoms with E-state index < -0.39 is 6.04 Å². The molecule has 0 unspecified atom stereocenters. The highest BCUT2D eigenvalue weighted by Crippen LogP contribution is 2.25. The standard InChI is InChI=1S/C12H14N2O3/c1-2-5-14-12(17)9(13)6-8-3-4-10(15)11(16)7-8/h1,3-4,7,9,15-16H,5-6,13H2,(H,14,17)/t9-/m0/s1. The van der Waals surface area contributed by atoms with E-state index in [0.717, 1.165) is 0 Å². The van der Waals surface area contributed by atoms with Gasteiger partial charge in [0.1, 0.15) is 0 Å². The molecule has 1 rings (SSSR count). The van der Waals surface area contributed by atoms with Crippen LogP contribution in [0.1, 0.15) is 5.56 Å². The van der Waals surface area contributed by atoms with Gasteiger partial charge in [-0.25, -0.2) is 0 Å². The maximum Gasteiger partial charge on any atom is 0.238 e. The number of carbonyl (C=O) groups is 1. The summed E-state index contributed by atoms with van der Waals surface area (Å²) in [5, 5.41) is 20.9. The lowest BCUT2D eigenvalue weighted by Crippen LogP contribution is -2.42. The van der Waals surface area contributed by atoms with E-state index in [2.05, 4.69) is 11.2 Å². The topological polar surface area (TPSA) is 95.6 Å². The lowest BCUT2D eigenvalue weighted by Gasteiger charge is -2.11. The van der Waals surface area contributed by atoms with Gasteiger partial charge in [0.15, 0.2) is 11.5 Å². The van der Waals surface area contributed by atoms with Gasteiger partial charge in [-0.3, -0.25) is 4.79 Å². The third-order valence-corrected chi connectivity index (χ3v) is 2.20. The molecule has 0 aliphatic heterocycles. The fourth-order valence-corrected chi connectivity index (χ4v) is 1.31. The molecule has 0 fully saturated rings. The van der Waals surface area contributed by atoms with Crippen molar-refractivity contribution in [3.05, 3.63) is 23.8 Å². The van der Waals surface area contributed by atoms with Crippen LogP contribution in [0.2, 0.25) is 0 Å². The monoisotopic (exact) mass is 234 g/mol. The molecule has 0 saturated heterocycles. The number of phenolic OH excluding ortho intramolecular Hbond substituents is 2. The van der Waals surface area contributed by atoms with Crippen LogP contribution in [0.3, 0.4) is 0 Å². The first-order chi connectivity index (χ1) is 8.04. The quantitative estimate of drug-likeness (QED) is 0.425. The highest BCUT2D eigenvalue weighted by molar-refractivity contribution is 5.82. The van der Waals surface area contributed by atoms with Crippen molar-refractivity contribution in [2.75, 3.05) is 6.54 Å². The van der Waals surface area contributed by atoms with Crippen LogP contribution in [-0.2, 0) is 11.2 Å². The van der Waals surface area contributed by atoms with Crippen LogP contribution in [0, 0.1) is 12.3 Å². The van der Waals surface area contributed by atoms with E-state index in [4.69, 9.17) is 17.3 Å². The largest absolute Gasteiger partial charge is 0.504 e. The molecule has 5 heteroatoms. The first-order valence-electron chi connectivity index (χ1n) is 5.02. The molecule has 0 aliphatic carbocycles. The minimum Gasteiger partial charge on any atom is -0.504 e. The Labute approximate surface area is 99.3 Å². The van der Waals surface area contributed by atoms with Gasteiger partial charge in [0.2, 0.25) is 5.91 Å². The van der Waals surface area contributed by atoms with Crippen molar-refractivity contribution in [1.29, 1.82) is 0 Å². The maximum atomic E-state index is 11.4. The summed E-state index contributed by atoms with van der Waals surface area (Å²) in [4.78, 5) is 11.4. The van der Waals surface area contributed by atoms with E-state index in [9.17, 15) is 9.90 Å². The van der Waals surface area contributed by atoms with Gasteiger partial charge in [-0.1, -0.05) is 12.0 Å². The molecule has 0 saturated carbocycles. The second kappa shape index (κ2) is 5.77. The van der Waals surface area contributed by atoms with Crippen LogP contribution in [0.25, 0.3) is 0 Å². The molecule has 0 bridgehead atoms. The first-order valence-corrected chi connectivity index (χ1v) is 5.02. The van der Waals surface area contributed by atoms with Crippen molar-refractivity contribution in [2.24, 2.45) is 5.73 Å². The number of nitrogens with one attached hydrogen (secondary N) is 1. The minimum absolute atomic E-state index is 0.132. The Hall–Kier alpha value is -2.19. The Morgan fingerprint density at radius 2 is 2.18 bits per heavy atom. The Bertz CT molecular complexity index is 452. The van der Waals surface area contributed by atoms with E-state index in [1.54, 1.807) is 6.07 Å². The molecule has 0 aliphatic rings. The van der Waals surface area contributed by atoms with E-state index in [1.807, 2.05) is 0 Å². The van der Waals surface area contributed by atoms with Gasteiger partial charge in [0.25, 0.3) is 0 Å². The van der Waals surface area contributed by atoms with Crippen molar-refractivity contribution in [3.8, 4) is 23.8 Å². The second-order valence-electron chi connectivity index (χ2n) is 3.56. The summed E-state index contributed by atoms with van der Waals surface area (Å²) in [6, 6.07) is 3.55. The van der Waals surface area contributed by atoms with Crippen molar-refractivity contribution in [3.63, 3.8) is 0 Å². The molecule has 5 N–H and O–H groups in total. The number of benzene rings is 1. The molecule has 5 nitrogen and oxygen atoms in total. The average Bonchev–Trinajstić information content (AvgIpc) is 2.30. The summed E-state index contributed by atoms with van der Waals surface area (Å²) in [5.74, 6) is 1.48. The van der Waals surface area contributed by atoms with E-state index >= 15 is 0 Å². The van der Waals surface area contributed by atoms with Crippen LogP contribution in [-0.4, -0.2) is 28.7 Å². The van der Waals surface area contributed by atoms with E-state index in [1.165, 1.54) is 12.1 Å². The number of aromatic hydroxyl groups is 2. The summed E-state index contributed by atoms with van der Waals surface area (Å²) < 4.78 is 0. The summed E-state index contributed by atoms with van der Waals surface area (Å²) in [5.41, 5.74) is 6.31. The molecule has 1 aromatic rings. The third-order valence-electron chi connectivity index (χ3n) is 2.20. The Morgan fingerprint density at radius 1 is 1.47 bits per heavy atom. The van der Waals surface area contributed by atoms with Crippen LogP contribution >= 0.6 is 0 Å². The fourth-order valence-electron chi connectivity index (χ4n) is 1.31. The van der Waals surface area contributed by atoms with E-state index in [0.29, 0.717) is 5.56 Å². The van der Waals surface area contributed by atoms with Crippen molar-refractivity contribution < 1.29 is 15.0 Å². The van der Waals surface area contributed by atoms with Gasteiger partial charge >= 0.3 is 0 Å². The minimum atomic E-state index is -0.743. The number of hydrogen-bond acceptors (Lipinski definition) is 4. The molecule has 17 heavy (non-hydrogen) atoms. The zero-order valence-electron chi connectivity index (χ0n) is 9.18.